The number of rotatable bonds is 2. The maximum atomic E-state index is 12.0. The molecule has 1 aliphatic carbocycles. The highest BCUT2D eigenvalue weighted by atomic mass is 16.5. The third kappa shape index (κ3) is 2.28. The molecule has 0 N–H and O–H groups in total. The Morgan fingerprint density at radius 2 is 2.00 bits per heavy atom. The van der Waals surface area contributed by atoms with Gasteiger partial charge in [-0.15, -0.1) is 0 Å². The molecule has 3 heteroatoms. The third-order valence-electron chi connectivity index (χ3n) is 2.65. The molecule has 1 unspecified atom stereocenters. The van der Waals surface area contributed by atoms with E-state index in [1.165, 1.54) is 0 Å². The van der Waals surface area contributed by atoms with Crippen molar-refractivity contribution in [1.82, 2.24) is 0 Å². The number of carbonyl (C=O) groups excluding carboxylic acids is 2. The first-order valence-corrected chi connectivity index (χ1v) is 5.61. The largest absolute Gasteiger partial charge is 0.449 e. The highest BCUT2D eigenvalue weighted by Crippen LogP contribution is 2.21. The number of ketones is 1. The van der Waals surface area contributed by atoms with Gasteiger partial charge in [0.1, 0.15) is 0 Å². The number of Topliss-reactive ketones (excluding diaryl/α,β-unsaturated/α-hetero) is 1. The smallest absolute Gasteiger partial charge is 0.309 e. The van der Waals surface area contributed by atoms with Crippen molar-refractivity contribution in [3.63, 3.8) is 0 Å². The zero-order valence-electron chi connectivity index (χ0n) is 9.84. The Bertz CT molecular complexity index is 486. The average molecular weight is 230 g/mol. The van der Waals surface area contributed by atoms with Gasteiger partial charge in [-0.25, -0.2) is 0 Å². The predicted molar refractivity (Wildman–Crippen MR) is 64.5 cm³/mol. The van der Waals surface area contributed by atoms with Gasteiger partial charge < -0.3 is 4.74 Å². The summed E-state index contributed by atoms with van der Waals surface area (Å²) in [6, 6.07) is 7.29. The van der Waals surface area contributed by atoms with Crippen molar-refractivity contribution in [1.29, 1.82) is 0 Å². The van der Waals surface area contributed by atoms with E-state index in [0.717, 1.165) is 5.56 Å². The molecule has 1 aromatic rings. The second-order valence-electron chi connectivity index (χ2n) is 4.32. The third-order valence-corrected chi connectivity index (χ3v) is 2.65. The Hall–Kier alpha value is -1.90. The minimum absolute atomic E-state index is 0.155. The lowest BCUT2D eigenvalue weighted by Gasteiger charge is -2.19. The van der Waals surface area contributed by atoms with Gasteiger partial charge in [-0.2, -0.15) is 0 Å². The van der Waals surface area contributed by atoms with Crippen LogP contribution in [0.5, 0.6) is 0 Å². The summed E-state index contributed by atoms with van der Waals surface area (Å²) in [5, 5.41) is 0. The minimum atomic E-state index is -0.778. The maximum absolute atomic E-state index is 12.0. The molecule has 0 amide bonds. The van der Waals surface area contributed by atoms with E-state index in [1.807, 2.05) is 18.2 Å². The second-order valence-corrected chi connectivity index (χ2v) is 4.32. The molecule has 2 rings (SSSR count). The van der Waals surface area contributed by atoms with E-state index >= 15 is 0 Å². The number of hydrogen-bond acceptors (Lipinski definition) is 3. The van der Waals surface area contributed by atoms with Crippen LogP contribution in [0.3, 0.4) is 0 Å². The van der Waals surface area contributed by atoms with Gasteiger partial charge in [0.15, 0.2) is 6.10 Å². The first-order valence-electron chi connectivity index (χ1n) is 5.61. The van der Waals surface area contributed by atoms with Crippen LogP contribution < -0.4 is 0 Å². The summed E-state index contributed by atoms with van der Waals surface area (Å²) in [6.07, 6.45) is 2.67. The average Bonchev–Trinajstić information content (AvgIpc) is 2.33. The molecular formula is C14H14O3. The molecule has 3 nitrogen and oxygen atoms in total. The normalized spacial score (nSPS) is 18.1. The number of carbonyl (C=O) groups is 2. The van der Waals surface area contributed by atoms with Crippen LogP contribution in [-0.2, 0) is 9.53 Å². The summed E-state index contributed by atoms with van der Waals surface area (Å²) >= 11 is 0. The van der Waals surface area contributed by atoms with Gasteiger partial charge in [0, 0.05) is 5.56 Å². The summed E-state index contributed by atoms with van der Waals surface area (Å²) in [7, 11) is 0. The summed E-state index contributed by atoms with van der Waals surface area (Å²) in [4.78, 5) is 23.5. The van der Waals surface area contributed by atoms with Crippen molar-refractivity contribution >= 4 is 17.8 Å². The van der Waals surface area contributed by atoms with Gasteiger partial charge in [0.05, 0.1) is 5.92 Å². The van der Waals surface area contributed by atoms with Crippen molar-refractivity contribution in [3.05, 3.63) is 41.5 Å². The van der Waals surface area contributed by atoms with Crippen molar-refractivity contribution in [2.45, 2.75) is 20.0 Å². The SMILES string of the molecule is CC(C)C(=O)OC1C=Cc2ccccc2C1=O. The summed E-state index contributed by atoms with van der Waals surface area (Å²) < 4.78 is 5.15. The summed E-state index contributed by atoms with van der Waals surface area (Å²) in [6.45, 7) is 3.49. The van der Waals surface area contributed by atoms with E-state index in [9.17, 15) is 9.59 Å². The van der Waals surface area contributed by atoms with E-state index in [0.29, 0.717) is 5.56 Å². The van der Waals surface area contributed by atoms with Crippen LogP contribution in [0.2, 0.25) is 0 Å². The predicted octanol–water partition coefficient (Wildman–Crippen LogP) is 2.46. The number of hydrogen-bond donors (Lipinski definition) is 0. The highest BCUT2D eigenvalue weighted by Gasteiger charge is 2.27. The van der Waals surface area contributed by atoms with Crippen LogP contribution >= 0.6 is 0 Å². The Kier molecular flexibility index (Phi) is 3.09. The first-order chi connectivity index (χ1) is 8.09. The Labute approximate surface area is 100 Å². The zero-order valence-corrected chi connectivity index (χ0v) is 9.84. The molecule has 1 aliphatic rings. The molecule has 0 spiro atoms. The second kappa shape index (κ2) is 4.53. The lowest BCUT2D eigenvalue weighted by atomic mass is 9.94. The van der Waals surface area contributed by atoms with Crippen molar-refractivity contribution < 1.29 is 14.3 Å². The van der Waals surface area contributed by atoms with Gasteiger partial charge in [0.2, 0.25) is 5.78 Å². The Morgan fingerprint density at radius 3 is 2.71 bits per heavy atom. The first kappa shape index (κ1) is 11.6. The maximum Gasteiger partial charge on any atom is 0.309 e. The molecular weight excluding hydrogens is 216 g/mol. The molecule has 0 fully saturated rings. The molecule has 17 heavy (non-hydrogen) atoms. The lowest BCUT2D eigenvalue weighted by Crippen LogP contribution is -2.29. The van der Waals surface area contributed by atoms with E-state index in [2.05, 4.69) is 0 Å². The molecule has 0 saturated heterocycles. The van der Waals surface area contributed by atoms with E-state index in [-0.39, 0.29) is 17.7 Å². The Balaban J connectivity index is 2.21. The molecule has 0 saturated carbocycles. The number of fused-ring (bicyclic) bond motifs is 1. The van der Waals surface area contributed by atoms with E-state index in [1.54, 1.807) is 32.1 Å². The van der Waals surface area contributed by atoms with Gasteiger partial charge in [0.25, 0.3) is 0 Å². The van der Waals surface area contributed by atoms with Crippen molar-refractivity contribution in [2.24, 2.45) is 5.92 Å². The fourth-order valence-electron chi connectivity index (χ4n) is 1.65. The van der Waals surface area contributed by atoms with Crippen molar-refractivity contribution in [2.75, 3.05) is 0 Å². The highest BCUT2D eigenvalue weighted by molar-refractivity contribution is 6.06. The number of ether oxygens (including phenoxy) is 1. The van der Waals surface area contributed by atoms with Crippen LogP contribution in [-0.4, -0.2) is 17.9 Å². The van der Waals surface area contributed by atoms with Crippen LogP contribution in [0.4, 0.5) is 0 Å². The number of esters is 1. The molecule has 1 atom stereocenters. The lowest BCUT2D eigenvalue weighted by molar-refractivity contribution is -0.148. The quantitative estimate of drug-likeness (QED) is 0.733. The molecule has 0 bridgehead atoms. The monoisotopic (exact) mass is 230 g/mol. The fourth-order valence-corrected chi connectivity index (χ4v) is 1.65. The topological polar surface area (TPSA) is 43.4 Å². The van der Waals surface area contributed by atoms with Crippen molar-refractivity contribution in [3.8, 4) is 0 Å². The van der Waals surface area contributed by atoms with Gasteiger partial charge in [-0.1, -0.05) is 44.2 Å². The van der Waals surface area contributed by atoms with E-state index in [4.69, 9.17) is 4.74 Å². The van der Waals surface area contributed by atoms with Crippen LogP contribution in [0.15, 0.2) is 30.3 Å². The Morgan fingerprint density at radius 1 is 1.29 bits per heavy atom. The molecule has 0 radical (unpaired) electrons. The number of benzene rings is 1. The van der Waals surface area contributed by atoms with Gasteiger partial charge in [-0.3, -0.25) is 9.59 Å². The summed E-state index contributed by atoms with van der Waals surface area (Å²) in [5.74, 6) is -0.738. The molecule has 0 aliphatic heterocycles. The van der Waals surface area contributed by atoms with Gasteiger partial charge >= 0.3 is 5.97 Å². The molecule has 88 valence electrons. The molecule has 0 aromatic heterocycles. The van der Waals surface area contributed by atoms with E-state index < -0.39 is 6.10 Å². The minimum Gasteiger partial charge on any atom is -0.449 e. The fraction of sp³-hybridized carbons (Fsp3) is 0.286. The van der Waals surface area contributed by atoms with Gasteiger partial charge in [-0.05, 0) is 11.6 Å². The standard InChI is InChI=1S/C14H14O3/c1-9(2)14(16)17-12-8-7-10-5-3-4-6-11(10)13(12)15/h3-9,12H,1-2H3. The molecule has 1 aromatic carbocycles. The van der Waals surface area contributed by atoms with Crippen LogP contribution in [0.1, 0.15) is 29.8 Å². The molecule has 0 heterocycles. The van der Waals surface area contributed by atoms with Crippen LogP contribution in [0, 0.1) is 5.92 Å². The zero-order chi connectivity index (χ0) is 12.4. The van der Waals surface area contributed by atoms with Crippen LogP contribution in [0.25, 0.3) is 6.08 Å². The summed E-state index contributed by atoms with van der Waals surface area (Å²) in [5.41, 5.74) is 1.48.